The number of aryl methyl sites for hydroxylation is 1. The highest BCUT2D eigenvalue weighted by Gasteiger charge is 2.29. The minimum Gasteiger partial charge on any atom is -0.365 e. The van der Waals surface area contributed by atoms with E-state index in [1.165, 1.54) is 6.07 Å². The summed E-state index contributed by atoms with van der Waals surface area (Å²) in [7, 11) is 0. The van der Waals surface area contributed by atoms with E-state index in [4.69, 9.17) is 0 Å². The van der Waals surface area contributed by atoms with Crippen molar-refractivity contribution >= 4 is 23.1 Å². The Morgan fingerprint density at radius 1 is 1.28 bits per heavy atom. The summed E-state index contributed by atoms with van der Waals surface area (Å²) in [5.41, 5.74) is 1.48. The highest BCUT2D eigenvalue weighted by molar-refractivity contribution is 5.92. The molecule has 1 aliphatic rings. The molecule has 7 heteroatoms. The summed E-state index contributed by atoms with van der Waals surface area (Å²) < 4.78 is 0. The molecule has 0 aliphatic carbocycles. The van der Waals surface area contributed by atoms with Gasteiger partial charge in [-0.2, -0.15) is 0 Å². The number of pyridine rings is 1. The predicted molar refractivity (Wildman–Crippen MR) is 95.6 cm³/mol. The molecule has 1 amide bonds. The van der Waals surface area contributed by atoms with Crippen LogP contribution in [0.4, 0.5) is 17.2 Å². The highest BCUT2D eigenvalue weighted by Crippen LogP contribution is 2.31. The number of carbonyl (C=O) groups is 1. The lowest BCUT2D eigenvalue weighted by atomic mass is 9.96. The normalized spacial score (nSPS) is 17.2. The fourth-order valence-corrected chi connectivity index (χ4v) is 3.14. The lowest BCUT2D eigenvalue weighted by Crippen LogP contribution is -2.41. The molecule has 1 aromatic carbocycles. The van der Waals surface area contributed by atoms with Crippen LogP contribution in [0.15, 0.2) is 42.5 Å². The van der Waals surface area contributed by atoms with Crippen LogP contribution in [0.25, 0.3) is 0 Å². The Morgan fingerprint density at radius 3 is 2.84 bits per heavy atom. The van der Waals surface area contributed by atoms with Crippen LogP contribution >= 0.6 is 0 Å². The molecule has 130 valence electrons. The summed E-state index contributed by atoms with van der Waals surface area (Å²) in [6.07, 6.45) is 1.57. The van der Waals surface area contributed by atoms with Crippen molar-refractivity contribution in [2.24, 2.45) is 5.92 Å². The Hall–Kier alpha value is -2.96. The predicted octanol–water partition coefficient (Wildman–Crippen LogP) is 3.15. The number of piperidine rings is 1. The maximum Gasteiger partial charge on any atom is 0.292 e. The minimum absolute atomic E-state index is 0.0731. The number of aromatic nitrogens is 1. The molecule has 7 nitrogen and oxygen atoms in total. The van der Waals surface area contributed by atoms with E-state index in [-0.39, 0.29) is 22.4 Å². The van der Waals surface area contributed by atoms with Gasteiger partial charge in [-0.05, 0) is 38.0 Å². The number of nitro groups is 1. The molecule has 1 N–H and O–H groups in total. The van der Waals surface area contributed by atoms with Crippen LogP contribution in [-0.2, 0) is 4.79 Å². The lowest BCUT2D eigenvalue weighted by Gasteiger charge is -2.33. The number of benzene rings is 1. The van der Waals surface area contributed by atoms with Gasteiger partial charge in [0.15, 0.2) is 0 Å². The molecule has 1 fully saturated rings. The second-order valence-electron chi connectivity index (χ2n) is 6.18. The van der Waals surface area contributed by atoms with Crippen molar-refractivity contribution in [3.05, 3.63) is 58.3 Å². The number of anilines is 2. The quantitative estimate of drug-likeness (QED) is 0.682. The zero-order valence-electron chi connectivity index (χ0n) is 14.0. The van der Waals surface area contributed by atoms with E-state index in [9.17, 15) is 14.9 Å². The number of nitro benzene ring substituents is 1. The van der Waals surface area contributed by atoms with Crippen molar-refractivity contribution in [2.45, 2.75) is 19.8 Å². The zero-order valence-corrected chi connectivity index (χ0v) is 14.0. The second kappa shape index (κ2) is 7.29. The minimum atomic E-state index is -0.379. The third kappa shape index (κ3) is 3.93. The number of nitrogens with one attached hydrogen (secondary N) is 1. The largest absolute Gasteiger partial charge is 0.365 e. The van der Waals surface area contributed by atoms with Gasteiger partial charge in [0.2, 0.25) is 5.91 Å². The van der Waals surface area contributed by atoms with Crippen molar-refractivity contribution in [1.82, 2.24) is 4.98 Å². The molecule has 0 radical (unpaired) electrons. The van der Waals surface area contributed by atoms with E-state index < -0.39 is 0 Å². The number of carbonyl (C=O) groups excluding carboxylic acids is 1. The van der Waals surface area contributed by atoms with Crippen LogP contribution < -0.4 is 10.2 Å². The van der Waals surface area contributed by atoms with Gasteiger partial charge in [-0.25, -0.2) is 4.98 Å². The Bertz CT molecular complexity index is 793. The highest BCUT2D eigenvalue weighted by atomic mass is 16.6. The SMILES string of the molecule is Cc1cccc(NC(=O)[C@H]2CCCN(c3ccccc3[N+](=O)[O-])C2)n1. The van der Waals surface area contributed by atoms with Gasteiger partial charge in [0.05, 0.1) is 10.8 Å². The van der Waals surface area contributed by atoms with Gasteiger partial charge in [-0.3, -0.25) is 14.9 Å². The van der Waals surface area contributed by atoms with E-state index in [2.05, 4.69) is 10.3 Å². The Balaban J connectivity index is 1.73. The molecule has 2 heterocycles. The Kier molecular flexibility index (Phi) is 4.92. The first-order chi connectivity index (χ1) is 12.0. The summed E-state index contributed by atoms with van der Waals surface area (Å²) in [5.74, 6) is 0.213. The summed E-state index contributed by atoms with van der Waals surface area (Å²) in [5, 5.41) is 14.1. The average molecular weight is 340 g/mol. The average Bonchev–Trinajstić information content (AvgIpc) is 2.62. The van der Waals surface area contributed by atoms with Crippen LogP contribution in [0.5, 0.6) is 0 Å². The van der Waals surface area contributed by atoms with Crippen molar-refractivity contribution in [3.63, 3.8) is 0 Å². The van der Waals surface area contributed by atoms with E-state index in [0.717, 1.165) is 18.5 Å². The molecule has 2 aromatic rings. The van der Waals surface area contributed by atoms with Crippen molar-refractivity contribution < 1.29 is 9.72 Å². The summed E-state index contributed by atoms with van der Waals surface area (Å²) in [6.45, 7) is 3.03. The molecule has 3 rings (SSSR count). The zero-order chi connectivity index (χ0) is 17.8. The summed E-state index contributed by atoms with van der Waals surface area (Å²) >= 11 is 0. The molecule has 25 heavy (non-hydrogen) atoms. The van der Waals surface area contributed by atoms with Crippen molar-refractivity contribution in [1.29, 1.82) is 0 Å². The molecule has 0 spiro atoms. The number of hydrogen-bond donors (Lipinski definition) is 1. The van der Waals surface area contributed by atoms with Gasteiger partial charge in [-0.15, -0.1) is 0 Å². The maximum atomic E-state index is 12.6. The van der Waals surface area contributed by atoms with Crippen LogP contribution in [0.1, 0.15) is 18.5 Å². The Labute approximate surface area is 145 Å². The molecule has 0 unspecified atom stereocenters. The molecule has 1 aliphatic heterocycles. The van der Waals surface area contributed by atoms with Crippen LogP contribution in [-0.4, -0.2) is 28.9 Å². The van der Waals surface area contributed by atoms with E-state index in [1.807, 2.05) is 24.0 Å². The van der Waals surface area contributed by atoms with Crippen molar-refractivity contribution in [2.75, 3.05) is 23.3 Å². The first-order valence-electron chi connectivity index (χ1n) is 8.27. The summed E-state index contributed by atoms with van der Waals surface area (Å²) in [6, 6.07) is 12.1. The molecule has 0 saturated carbocycles. The van der Waals surface area contributed by atoms with Crippen molar-refractivity contribution in [3.8, 4) is 0 Å². The molecule has 1 aromatic heterocycles. The van der Waals surface area contributed by atoms with Gasteiger partial charge in [0.25, 0.3) is 5.69 Å². The van der Waals surface area contributed by atoms with Gasteiger partial charge >= 0.3 is 0 Å². The first-order valence-corrected chi connectivity index (χ1v) is 8.27. The number of rotatable bonds is 4. The number of hydrogen-bond acceptors (Lipinski definition) is 5. The summed E-state index contributed by atoms with van der Waals surface area (Å²) in [4.78, 5) is 29.6. The van der Waals surface area contributed by atoms with E-state index >= 15 is 0 Å². The number of amides is 1. The smallest absolute Gasteiger partial charge is 0.292 e. The second-order valence-corrected chi connectivity index (χ2v) is 6.18. The first kappa shape index (κ1) is 16.9. The van der Waals surface area contributed by atoms with E-state index in [1.54, 1.807) is 24.3 Å². The monoisotopic (exact) mass is 340 g/mol. The lowest BCUT2D eigenvalue weighted by molar-refractivity contribution is -0.384. The molecule has 0 bridgehead atoms. The molecular formula is C18H20N4O3. The number of nitrogens with zero attached hydrogens (tertiary/aromatic N) is 3. The maximum absolute atomic E-state index is 12.6. The topological polar surface area (TPSA) is 88.4 Å². The number of para-hydroxylation sites is 2. The Morgan fingerprint density at radius 2 is 2.08 bits per heavy atom. The third-order valence-electron chi connectivity index (χ3n) is 4.35. The van der Waals surface area contributed by atoms with Crippen LogP contribution in [0, 0.1) is 23.0 Å². The fraction of sp³-hybridized carbons (Fsp3) is 0.333. The molecule has 1 saturated heterocycles. The van der Waals surface area contributed by atoms with Gasteiger partial charge in [0.1, 0.15) is 11.5 Å². The van der Waals surface area contributed by atoms with Gasteiger partial charge in [0, 0.05) is 24.8 Å². The van der Waals surface area contributed by atoms with Crippen LogP contribution in [0.2, 0.25) is 0 Å². The molecular weight excluding hydrogens is 320 g/mol. The fourth-order valence-electron chi connectivity index (χ4n) is 3.14. The van der Waals surface area contributed by atoms with Gasteiger partial charge in [-0.1, -0.05) is 18.2 Å². The van der Waals surface area contributed by atoms with Gasteiger partial charge < -0.3 is 10.2 Å². The van der Waals surface area contributed by atoms with E-state index in [0.29, 0.717) is 24.6 Å². The third-order valence-corrected chi connectivity index (χ3v) is 4.35. The molecule has 1 atom stereocenters. The standard InChI is InChI=1S/C18H20N4O3/c1-13-6-4-10-17(19-13)20-18(23)14-7-5-11-21(12-14)15-8-2-3-9-16(15)22(24)25/h2-4,6,8-10,14H,5,7,11-12H2,1H3,(H,19,20,23)/t14-/m0/s1. The van der Waals surface area contributed by atoms with Crippen LogP contribution in [0.3, 0.4) is 0 Å².